The molecule has 8 heterocycles. The topological polar surface area (TPSA) is 296 Å². The first kappa shape index (κ1) is 46.2. The van der Waals surface area contributed by atoms with Gasteiger partial charge in [0.25, 0.3) is 0 Å². The maximum Gasteiger partial charge on any atom is 0.323 e. The molecule has 24 nitrogen and oxygen atoms in total. The van der Waals surface area contributed by atoms with Crippen molar-refractivity contribution < 1.29 is 150 Å². The van der Waals surface area contributed by atoms with Gasteiger partial charge in [-0.15, -0.1) is 0 Å². The normalized spacial score (nSPS) is 42.9. The number of carbonyl (C=O) groups excluding carboxylic acids is 4. The zero-order valence-electron chi connectivity index (χ0n) is 125. The molecule has 4 aromatic carbocycles. The number of fused-ring (bicyclic) bond motifs is 12. The maximum atomic E-state index is 13.3. The molecule has 16 unspecified atom stereocenters. The fourth-order valence-corrected chi connectivity index (χ4v) is 13.4. The summed E-state index contributed by atoms with van der Waals surface area (Å²) in [7, 11) is 1.94. The van der Waals surface area contributed by atoms with Crippen LogP contribution >= 0.6 is 0 Å². The Morgan fingerprint density at radius 1 is 0.375 bits per heavy atom. The Kier molecular flexibility index (Phi) is 16.9. The first-order valence-corrected chi connectivity index (χ1v) is 38.9. The van der Waals surface area contributed by atoms with Crippen molar-refractivity contribution in [1.29, 1.82) is 0 Å². The van der Waals surface area contributed by atoms with Crippen molar-refractivity contribution >= 4 is 23.9 Å². The average molecular weight is 1730 g/mol. The number of ether oxygens (including phenoxy) is 12. The number of rotatable bonds is 28. The third kappa shape index (κ3) is 23.8. The zero-order chi connectivity index (χ0) is 136. The van der Waals surface area contributed by atoms with Gasteiger partial charge in [-0.05, 0) is 191 Å². The van der Waals surface area contributed by atoms with E-state index in [1.54, 1.807) is 19.9 Å². The molecular formula is C96H152N8O16. The minimum absolute atomic E-state index is 0.00504. The molecule has 0 saturated carbocycles. The van der Waals surface area contributed by atoms with Crippen molar-refractivity contribution in [1.82, 2.24) is 19.6 Å². The van der Waals surface area contributed by atoms with Crippen LogP contribution in [0.15, 0.2) is 48.5 Å². The van der Waals surface area contributed by atoms with Gasteiger partial charge >= 0.3 is 23.9 Å². The fourth-order valence-electron chi connectivity index (χ4n) is 13.4. The van der Waals surface area contributed by atoms with Crippen LogP contribution in [-0.4, -0.2) is 201 Å². The molecule has 4 aromatic rings. The first-order valence-electron chi connectivity index (χ1n) is 65.9. The number of nitrogens with zero attached hydrogens (tertiary/aromatic N) is 4. The van der Waals surface area contributed by atoms with Crippen molar-refractivity contribution in [2.45, 2.75) is 260 Å². The predicted octanol–water partition coefficient (Wildman–Crippen LogP) is 14.3. The summed E-state index contributed by atoms with van der Waals surface area (Å²) in [6.07, 6.45) is -43.3. The summed E-state index contributed by atoms with van der Waals surface area (Å²) in [4.78, 5) is 55.9. The van der Waals surface area contributed by atoms with E-state index in [1.807, 2.05) is 0 Å². The van der Waals surface area contributed by atoms with Gasteiger partial charge in [0, 0.05) is 186 Å². The van der Waals surface area contributed by atoms with Gasteiger partial charge in [0.1, 0.15) is 48.5 Å². The first-order chi connectivity index (χ1) is 77.6. The number of hydrogen-bond acceptors (Lipinski definition) is 24. The molecule has 0 radical (unpaired) electrons. The lowest BCUT2D eigenvalue weighted by Gasteiger charge is -2.47. The molecule has 24 heteroatoms. The lowest BCUT2D eigenvalue weighted by atomic mass is 9.79. The highest BCUT2D eigenvalue weighted by molar-refractivity contribution is 5.77. The van der Waals surface area contributed by atoms with Crippen molar-refractivity contribution in [3.8, 4) is 46.0 Å². The van der Waals surface area contributed by atoms with Gasteiger partial charge in [0.15, 0.2) is 46.0 Å². The van der Waals surface area contributed by atoms with Gasteiger partial charge < -0.3 is 79.8 Å². The van der Waals surface area contributed by atoms with Crippen LogP contribution in [0.2, 0.25) is 0 Å². The summed E-state index contributed by atoms with van der Waals surface area (Å²) < 4.78 is 531. The number of hydrogen-bond donors (Lipinski definition) is 4. The Hall–Kier alpha value is -7.16. The molecule has 0 amide bonds. The summed E-state index contributed by atoms with van der Waals surface area (Å²) in [5, 5.41) is 0. The predicted molar refractivity (Wildman–Crippen MR) is 471 cm³/mol. The molecule has 8 N–H and O–H groups in total. The van der Waals surface area contributed by atoms with Gasteiger partial charge in [0.2, 0.25) is 0 Å². The van der Waals surface area contributed by atoms with E-state index in [4.69, 9.17) is 126 Å². The third-order valence-corrected chi connectivity index (χ3v) is 20.2. The molecule has 0 aliphatic carbocycles. The molecule has 0 bridgehead atoms. The standard InChI is InChI=1S/4C24H38N2O4/c4*1-14(2)9-17-13-26-8-7-16-10-21(28-5)22(29-6)11-18(16)19(26)12-20(17)30-24(27)23(25)15(3)4/h4*10-11,14-15,17,19-20,23H,7-9,12-13,25H2,1-6H3/t4*17?,19?,20?,23-/m0000/s1/i2*1D3,5D3,9D2,12D2,13D2,14D,17D,20D;1D3,9D2,12D2,13D2,14D,17D,20D;1D3,9D2,12D2,13D2,14D,17D,19D/t4*14?,17?,19?,20?,23-. The molecule has 12 rings (SSSR count). The van der Waals surface area contributed by atoms with E-state index in [-0.39, 0.29) is 106 Å². The van der Waals surface area contributed by atoms with E-state index >= 15 is 0 Å². The lowest BCUT2D eigenvalue weighted by molar-refractivity contribution is -0.161. The monoisotopic (exact) mass is 1730 g/mol. The number of methoxy groups -OCH3 is 8. The Labute approximate surface area is 794 Å². The number of esters is 4. The average Bonchev–Trinajstić information content (AvgIpc) is 0.661. The van der Waals surface area contributed by atoms with E-state index in [0.29, 0.717) is 49.5 Å². The minimum Gasteiger partial charge on any atom is -0.493 e. The van der Waals surface area contributed by atoms with Crippen LogP contribution in [0.25, 0.3) is 0 Å². The van der Waals surface area contributed by atoms with Crippen molar-refractivity contribution in [3.63, 3.8) is 0 Å². The summed E-state index contributed by atoms with van der Waals surface area (Å²) in [5.74, 6) is -36.9. The highest BCUT2D eigenvalue weighted by Crippen LogP contribution is 2.50. The van der Waals surface area contributed by atoms with E-state index in [1.165, 1.54) is 115 Å². The Morgan fingerprint density at radius 2 is 0.625 bits per heavy atom. The summed E-state index contributed by atoms with van der Waals surface area (Å²) in [5.41, 5.74) is 24.9. The molecule has 20 atom stereocenters. The Bertz CT molecular complexity index is 6410. The molecule has 672 valence electrons. The highest BCUT2D eigenvalue weighted by atomic mass is 16.6. The molecule has 0 aromatic heterocycles. The van der Waals surface area contributed by atoms with E-state index < -0.39 is 305 Å². The molecule has 0 spiro atoms. The minimum atomic E-state index is -3.95. The SMILES string of the molecule is [2H]C([2H])([2H])C([2H])(C)C([2H])([2H])C1([2H])C(OC(=O)[C@@H](N)C(C)C)C([2H])([2H])C2([2H])c3cc(OC)c(OC)cc3CCN2C1([2H])[2H].[2H]C([2H])([2H])C([2H])(C)C([2H])([2H])C1([2H])C([2H])([2H])N2CCc3cc(OC)c(OC)cc3C2C([2H])([2H])C1([2H])OC(=O)[C@@H](N)C(C)C.[2H]C([2H])([2H])Oc1cc2c(cc1OC)C1N(CC2)C([2H])([2H])C([2H])(C([2H])([2H])C([2H])(C)C([2H])([2H])[2H])C([2H])(OC(=O)[C@@H](N)C(C)C)C1([2H])[2H].[2H]C([2H])([2H])Oc1cc2c(cc1OC)C1N(CC2)C([2H])([2H])C([2H])(C([2H])([2H])C([2H])(C)C([2H])([2H])[2H])C([2H])(OC(=O)[C@@H](N)C(C)C)C1([2H])[2H]. The maximum absolute atomic E-state index is 13.3. The van der Waals surface area contributed by atoms with Gasteiger partial charge in [-0.2, -0.15) is 0 Å². The molecule has 4 fully saturated rings. The molecule has 8 aliphatic heterocycles. The second kappa shape index (κ2) is 43.9. The summed E-state index contributed by atoms with van der Waals surface area (Å²) in [6, 6.07) is -3.78. The van der Waals surface area contributed by atoms with Crippen LogP contribution < -0.4 is 60.8 Å². The molecule has 4 saturated heterocycles. The second-order valence-corrected chi connectivity index (χ2v) is 30.4. The van der Waals surface area contributed by atoms with Crippen molar-refractivity contribution in [2.24, 2.45) is 93.8 Å². The Morgan fingerprint density at radius 3 is 0.908 bits per heavy atom. The summed E-state index contributed by atoms with van der Waals surface area (Å²) >= 11 is 0. The third-order valence-electron chi connectivity index (χ3n) is 20.2. The van der Waals surface area contributed by atoms with Crippen LogP contribution in [-0.2, 0) is 63.8 Å². The zero-order valence-corrected chi connectivity index (χ0v) is 70.8. The highest BCUT2D eigenvalue weighted by Gasteiger charge is 2.47. The van der Waals surface area contributed by atoms with Crippen LogP contribution in [0.5, 0.6) is 46.0 Å². The smallest absolute Gasteiger partial charge is 0.323 e. The van der Waals surface area contributed by atoms with Gasteiger partial charge in [-0.3, -0.25) is 38.8 Å². The number of carbonyl (C=O) groups is 4. The summed E-state index contributed by atoms with van der Waals surface area (Å²) in [6.45, 7) is -14.8. The van der Waals surface area contributed by atoms with Crippen molar-refractivity contribution in [3.05, 3.63) is 93.0 Å². The van der Waals surface area contributed by atoms with E-state index in [2.05, 4.69) is 0 Å². The number of nitrogens with two attached hydrogens (primary N) is 4. The van der Waals surface area contributed by atoms with Crippen molar-refractivity contribution in [2.75, 3.05) is 109 Å². The van der Waals surface area contributed by atoms with Crippen LogP contribution in [0, 0.1) is 70.8 Å². The molecule has 8 aliphatic rings. The quantitative estimate of drug-likeness (QED) is 0.0303. The largest absolute Gasteiger partial charge is 0.493 e. The molecular weight excluding hydrogens is 1520 g/mol. The fraction of sp³-hybridized carbons (Fsp3) is 0.708. The van der Waals surface area contributed by atoms with Gasteiger partial charge in [-0.1, -0.05) is 110 Å². The molecule has 120 heavy (non-hydrogen) atoms. The number of benzene rings is 4. The van der Waals surface area contributed by atoms with Gasteiger partial charge in [-0.25, -0.2) is 0 Å². The Balaban J connectivity index is 0.000000254. The van der Waals surface area contributed by atoms with Crippen LogP contribution in [0.3, 0.4) is 0 Å². The lowest BCUT2D eigenvalue weighted by Crippen LogP contribution is -2.51. The van der Waals surface area contributed by atoms with Crippen LogP contribution in [0.4, 0.5) is 0 Å². The van der Waals surface area contributed by atoms with E-state index in [9.17, 15) is 46.6 Å². The number of piperidine rings is 4. The van der Waals surface area contributed by atoms with E-state index in [0.717, 1.165) is 26.8 Å². The van der Waals surface area contributed by atoms with Gasteiger partial charge in [0.05, 0.1) is 70.4 Å². The second-order valence-electron chi connectivity index (χ2n) is 30.4. The van der Waals surface area contributed by atoms with Crippen LogP contribution in [0.1, 0.15) is 304 Å².